The minimum absolute atomic E-state index is 0.498. The van der Waals surface area contributed by atoms with Gasteiger partial charge in [0, 0.05) is 13.1 Å². The zero-order valence-electron chi connectivity index (χ0n) is 10.8. The average Bonchev–Trinajstić information content (AvgIpc) is 2.79. The Labute approximate surface area is 107 Å². The topological polar surface area (TPSA) is 91.8 Å². The van der Waals surface area contributed by atoms with Gasteiger partial charge in [-0.25, -0.2) is 8.42 Å². The summed E-state index contributed by atoms with van der Waals surface area (Å²) in [6.07, 6.45) is 1.72. The maximum atomic E-state index is 12.2. The molecule has 104 valence electrons. The van der Waals surface area contributed by atoms with Gasteiger partial charge in [-0.15, -0.1) is 0 Å². The van der Waals surface area contributed by atoms with Gasteiger partial charge in [0.15, 0.2) is 14.6 Å². The van der Waals surface area contributed by atoms with Crippen LogP contribution in [0.3, 0.4) is 0 Å². The van der Waals surface area contributed by atoms with E-state index in [1.54, 1.807) is 0 Å². The molecule has 1 fully saturated rings. The van der Waals surface area contributed by atoms with Crippen molar-refractivity contribution in [2.24, 2.45) is 0 Å². The Balaban J connectivity index is 2.98. The maximum Gasteiger partial charge on any atom is 0.324 e. The summed E-state index contributed by atoms with van der Waals surface area (Å²) in [7, 11) is -4.07. The molecule has 1 atom stereocenters. The van der Waals surface area contributed by atoms with E-state index in [2.05, 4.69) is 0 Å². The highest BCUT2D eigenvalue weighted by atomic mass is 32.2. The number of likely N-dealkylation sites (tertiary alicyclic amines) is 1. The summed E-state index contributed by atoms with van der Waals surface area (Å²) in [4.78, 5) is 24.5. The van der Waals surface area contributed by atoms with E-state index in [-0.39, 0.29) is 0 Å². The number of amides is 1. The quantitative estimate of drug-likeness (QED) is 0.796. The first-order chi connectivity index (χ1) is 8.12. The molecule has 1 N–H and O–H groups in total. The van der Waals surface area contributed by atoms with Crippen LogP contribution in [0.5, 0.6) is 0 Å². The van der Waals surface area contributed by atoms with Crippen molar-refractivity contribution in [3.63, 3.8) is 0 Å². The Kier molecular flexibility index (Phi) is 4.05. The van der Waals surface area contributed by atoms with Crippen LogP contribution in [-0.2, 0) is 19.4 Å². The number of aliphatic carboxylic acids is 1. The molecule has 18 heavy (non-hydrogen) atoms. The van der Waals surface area contributed by atoms with Crippen LogP contribution in [0.2, 0.25) is 0 Å². The normalized spacial score (nSPS) is 18.7. The fourth-order valence-corrected chi connectivity index (χ4v) is 3.43. The van der Waals surface area contributed by atoms with Gasteiger partial charge in [-0.05, 0) is 33.6 Å². The van der Waals surface area contributed by atoms with Gasteiger partial charge < -0.3 is 10.0 Å². The zero-order valence-corrected chi connectivity index (χ0v) is 11.7. The molecule has 0 saturated carbocycles. The van der Waals surface area contributed by atoms with Crippen LogP contribution in [0.1, 0.15) is 33.6 Å². The van der Waals surface area contributed by atoms with Crippen molar-refractivity contribution in [2.75, 3.05) is 13.1 Å². The summed E-state index contributed by atoms with van der Waals surface area (Å²) in [6.45, 7) is 4.58. The number of hydrogen-bond donors (Lipinski definition) is 1. The van der Waals surface area contributed by atoms with Crippen LogP contribution in [0.4, 0.5) is 0 Å². The minimum Gasteiger partial charge on any atom is -0.480 e. The first-order valence-electron chi connectivity index (χ1n) is 5.88. The number of sulfone groups is 1. The first-order valence-corrected chi connectivity index (χ1v) is 7.42. The highest BCUT2D eigenvalue weighted by Crippen LogP contribution is 2.24. The number of carbonyl (C=O) groups is 2. The largest absolute Gasteiger partial charge is 0.480 e. The molecular weight excluding hydrogens is 258 g/mol. The number of rotatable bonds is 4. The Morgan fingerprint density at radius 2 is 1.67 bits per heavy atom. The van der Waals surface area contributed by atoms with E-state index < -0.39 is 31.7 Å². The smallest absolute Gasteiger partial charge is 0.324 e. The first kappa shape index (κ1) is 14.9. The van der Waals surface area contributed by atoms with Crippen molar-refractivity contribution in [2.45, 2.75) is 43.6 Å². The second-order valence-electron chi connectivity index (χ2n) is 5.04. The summed E-state index contributed by atoms with van der Waals surface area (Å²) in [5, 5.41) is 7.65. The van der Waals surface area contributed by atoms with Crippen molar-refractivity contribution in [1.29, 1.82) is 0 Å². The van der Waals surface area contributed by atoms with Crippen LogP contribution in [0.15, 0.2) is 0 Å². The molecule has 1 amide bonds. The van der Waals surface area contributed by atoms with E-state index in [1.165, 1.54) is 11.8 Å². The highest BCUT2D eigenvalue weighted by Gasteiger charge is 2.48. The fourth-order valence-electron chi connectivity index (χ4n) is 1.89. The van der Waals surface area contributed by atoms with Crippen molar-refractivity contribution in [3.05, 3.63) is 0 Å². The summed E-state index contributed by atoms with van der Waals surface area (Å²) >= 11 is 0. The molecule has 1 aliphatic rings. The second kappa shape index (κ2) is 4.87. The number of nitrogens with zero attached hydrogens (tertiary/aromatic N) is 1. The third-order valence-corrected chi connectivity index (χ3v) is 6.19. The van der Waals surface area contributed by atoms with Crippen molar-refractivity contribution in [1.82, 2.24) is 4.90 Å². The van der Waals surface area contributed by atoms with E-state index in [0.29, 0.717) is 13.1 Å². The Morgan fingerprint density at radius 1 is 1.22 bits per heavy atom. The highest BCUT2D eigenvalue weighted by molar-refractivity contribution is 7.94. The molecule has 0 spiro atoms. The number of carbonyl (C=O) groups excluding carboxylic acids is 1. The lowest BCUT2D eigenvalue weighted by Crippen LogP contribution is -2.50. The van der Waals surface area contributed by atoms with E-state index in [9.17, 15) is 18.0 Å². The standard InChI is InChI=1S/C11H19NO5S/c1-8(9(13)12-6-4-5-7-12)18(16,17)11(2,3)10(14)15/h8H,4-7H2,1-3H3,(H,14,15). The van der Waals surface area contributed by atoms with Gasteiger partial charge in [-0.2, -0.15) is 0 Å². The van der Waals surface area contributed by atoms with E-state index in [1.807, 2.05) is 0 Å². The SMILES string of the molecule is CC(C(=O)N1CCCC1)S(=O)(=O)C(C)(C)C(=O)O. The lowest BCUT2D eigenvalue weighted by atomic mass is 10.2. The molecule has 0 aromatic carbocycles. The molecule has 0 bridgehead atoms. The van der Waals surface area contributed by atoms with E-state index in [0.717, 1.165) is 26.7 Å². The van der Waals surface area contributed by atoms with Gasteiger partial charge in [0.2, 0.25) is 5.91 Å². The van der Waals surface area contributed by atoms with Gasteiger partial charge >= 0.3 is 5.97 Å². The predicted molar refractivity (Wildman–Crippen MR) is 65.9 cm³/mol. The number of carboxylic acids is 1. The molecular formula is C11H19NO5S. The Morgan fingerprint density at radius 3 is 2.06 bits per heavy atom. The molecule has 0 radical (unpaired) electrons. The molecule has 1 aliphatic heterocycles. The van der Waals surface area contributed by atoms with Gasteiger partial charge in [-0.3, -0.25) is 9.59 Å². The van der Waals surface area contributed by atoms with Gasteiger partial charge in [0.1, 0.15) is 5.25 Å². The molecule has 0 aromatic rings. The van der Waals surface area contributed by atoms with Crippen LogP contribution >= 0.6 is 0 Å². The van der Waals surface area contributed by atoms with Gasteiger partial charge in [0.05, 0.1) is 0 Å². The van der Waals surface area contributed by atoms with Crippen molar-refractivity contribution < 1.29 is 23.1 Å². The molecule has 1 rings (SSSR count). The van der Waals surface area contributed by atoms with Crippen molar-refractivity contribution in [3.8, 4) is 0 Å². The third kappa shape index (κ3) is 2.36. The maximum absolute atomic E-state index is 12.2. The summed E-state index contributed by atoms with van der Waals surface area (Å²) in [5.41, 5.74) is 0. The molecule has 1 heterocycles. The van der Waals surface area contributed by atoms with Crippen LogP contribution in [-0.4, -0.2) is 53.4 Å². The Hall–Kier alpha value is -1.11. The lowest BCUT2D eigenvalue weighted by molar-refractivity contribution is -0.139. The second-order valence-corrected chi connectivity index (χ2v) is 7.85. The average molecular weight is 277 g/mol. The fraction of sp³-hybridized carbons (Fsp3) is 0.818. The third-order valence-electron chi connectivity index (χ3n) is 3.46. The van der Waals surface area contributed by atoms with Gasteiger partial charge in [-0.1, -0.05) is 0 Å². The van der Waals surface area contributed by atoms with Crippen LogP contribution in [0.25, 0.3) is 0 Å². The van der Waals surface area contributed by atoms with Crippen LogP contribution in [0, 0.1) is 0 Å². The van der Waals surface area contributed by atoms with E-state index in [4.69, 9.17) is 5.11 Å². The van der Waals surface area contributed by atoms with E-state index >= 15 is 0 Å². The van der Waals surface area contributed by atoms with Gasteiger partial charge in [0.25, 0.3) is 0 Å². The molecule has 6 nitrogen and oxygen atoms in total. The summed E-state index contributed by atoms with van der Waals surface area (Å²) in [6, 6.07) is 0. The molecule has 7 heteroatoms. The minimum atomic E-state index is -4.07. The number of carboxylic acid groups (broad SMARTS) is 1. The summed E-state index contributed by atoms with van der Waals surface area (Å²) in [5.74, 6) is -1.94. The summed E-state index contributed by atoms with van der Waals surface area (Å²) < 4.78 is 22.4. The molecule has 1 unspecified atom stereocenters. The van der Waals surface area contributed by atoms with Crippen LogP contribution < -0.4 is 0 Å². The number of hydrogen-bond acceptors (Lipinski definition) is 4. The molecule has 0 aromatic heterocycles. The zero-order chi connectivity index (χ0) is 14.1. The predicted octanol–water partition coefficient (Wildman–Crippen LogP) is 0.275. The van der Waals surface area contributed by atoms with Crippen molar-refractivity contribution >= 4 is 21.7 Å². The lowest BCUT2D eigenvalue weighted by Gasteiger charge is -2.26. The molecule has 0 aliphatic carbocycles. The molecule has 1 saturated heterocycles. The Bertz CT molecular complexity index is 448. The monoisotopic (exact) mass is 277 g/mol.